The summed E-state index contributed by atoms with van der Waals surface area (Å²) in [7, 11) is 1.84. The van der Waals surface area contributed by atoms with Gasteiger partial charge >= 0.3 is 0 Å². The number of hydrogen-bond donors (Lipinski definition) is 1. The average Bonchev–Trinajstić information content (AvgIpc) is 2.77. The van der Waals surface area contributed by atoms with Gasteiger partial charge in [-0.25, -0.2) is 0 Å². The molecule has 17 heavy (non-hydrogen) atoms. The van der Waals surface area contributed by atoms with Crippen LogP contribution in [0.25, 0.3) is 0 Å². The van der Waals surface area contributed by atoms with Crippen LogP contribution < -0.4 is 5.32 Å². The van der Waals surface area contributed by atoms with E-state index >= 15 is 0 Å². The summed E-state index contributed by atoms with van der Waals surface area (Å²) in [6.07, 6.45) is 0. The van der Waals surface area contributed by atoms with Crippen LogP contribution in [0.3, 0.4) is 0 Å². The van der Waals surface area contributed by atoms with Crippen molar-refractivity contribution >= 4 is 22.4 Å². The Hall–Kier alpha value is -1.21. The number of hydrogen-bond acceptors (Lipinski definition) is 6. The molecule has 1 amide bonds. The van der Waals surface area contributed by atoms with Gasteiger partial charge in [0, 0.05) is 40.2 Å². The molecule has 0 aromatic carbocycles. The summed E-state index contributed by atoms with van der Waals surface area (Å²) in [5, 5.41) is 13.0. The van der Waals surface area contributed by atoms with E-state index in [1.54, 1.807) is 18.3 Å². The predicted octanol–water partition coefficient (Wildman–Crippen LogP) is 0.244. The Bertz CT molecular complexity index is 386. The number of rotatable bonds is 3. The summed E-state index contributed by atoms with van der Waals surface area (Å²) in [5.41, 5.74) is 0. The minimum absolute atomic E-state index is 0.165. The van der Waals surface area contributed by atoms with Crippen molar-refractivity contribution < 1.29 is 4.79 Å². The van der Waals surface area contributed by atoms with E-state index < -0.39 is 0 Å². The molecular weight excluding hydrogens is 238 g/mol. The van der Waals surface area contributed by atoms with E-state index in [-0.39, 0.29) is 5.91 Å². The van der Waals surface area contributed by atoms with Gasteiger partial charge in [0.25, 0.3) is 0 Å². The third kappa shape index (κ3) is 3.13. The van der Waals surface area contributed by atoms with E-state index in [1.165, 1.54) is 0 Å². The minimum Gasteiger partial charge on any atom is -0.363 e. The molecule has 0 saturated carbocycles. The van der Waals surface area contributed by atoms with Crippen LogP contribution in [0.5, 0.6) is 0 Å². The maximum absolute atomic E-state index is 11.2. The molecule has 1 aromatic heterocycles. The molecule has 0 aliphatic carbocycles. The normalized spacial score (nSPS) is 17.2. The molecule has 1 aliphatic heterocycles. The number of anilines is 1. The number of amides is 1. The number of carbonyl (C=O) groups is 1. The summed E-state index contributed by atoms with van der Waals surface area (Å²) < 4.78 is 0. The molecule has 0 spiro atoms. The van der Waals surface area contributed by atoms with Crippen molar-refractivity contribution in [3.8, 4) is 0 Å². The second-order valence-electron chi connectivity index (χ2n) is 4.03. The Kier molecular flexibility index (Phi) is 3.90. The van der Waals surface area contributed by atoms with Crippen LogP contribution in [0.15, 0.2) is 0 Å². The fourth-order valence-electron chi connectivity index (χ4n) is 1.83. The molecule has 0 radical (unpaired) electrons. The van der Waals surface area contributed by atoms with Crippen LogP contribution in [0, 0.1) is 0 Å². The van der Waals surface area contributed by atoms with E-state index in [9.17, 15) is 4.79 Å². The quantitative estimate of drug-likeness (QED) is 0.838. The van der Waals surface area contributed by atoms with Crippen molar-refractivity contribution in [2.45, 2.75) is 13.5 Å². The molecule has 0 unspecified atom stereocenters. The molecular formula is C10H17N5OS. The summed E-state index contributed by atoms with van der Waals surface area (Å²) in [4.78, 5) is 15.4. The Morgan fingerprint density at radius 1 is 1.35 bits per heavy atom. The largest absolute Gasteiger partial charge is 0.363 e. The maximum Gasteiger partial charge on any atom is 0.219 e. The van der Waals surface area contributed by atoms with Gasteiger partial charge in [-0.15, -0.1) is 10.2 Å². The van der Waals surface area contributed by atoms with Gasteiger partial charge in [0.2, 0.25) is 11.0 Å². The van der Waals surface area contributed by atoms with Crippen molar-refractivity contribution in [2.75, 3.05) is 38.5 Å². The third-order valence-electron chi connectivity index (χ3n) is 2.86. The highest BCUT2D eigenvalue weighted by Gasteiger charge is 2.19. The Morgan fingerprint density at radius 3 is 2.59 bits per heavy atom. The van der Waals surface area contributed by atoms with Crippen LogP contribution in [0.1, 0.15) is 11.9 Å². The summed E-state index contributed by atoms with van der Waals surface area (Å²) in [6.45, 7) is 5.90. The molecule has 94 valence electrons. The van der Waals surface area contributed by atoms with Gasteiger partial charge in [0.1, 0.15) is 5.01 Å². The van der Waals surface area contributed by atoms with Gasteiger partial charge in [-0.3, -0.25) is 9.69 Å². The average molecular weight is 255 g/mol. The molecule has 2 rings (SSSR count). The van der Waals surface area contributed by atoms with E-state index in [0.717, 1.165) is 42.9 Å². The van der Waals surface area contributed by atoms with Crippen LogP contribution in [-0.2, 0) is 11.3 Å². The Morgan fingerprint density at radius 2 is 2.06 bits per heavy atom. The first-order chi connectivity index (χ1) is 8.19. The van der Waals surface area contributed by atoms with E-state index in [2.05, 4.69) is 20.4 Å². The van der Waals surface area contributed by atoms with E-state index in [4.69, 9.17) is 0 Å². The maximum atomic E-state index is 11.2. The SMILES string of the molecule is CNc1nnc(CN2CCN(C(C)=O)CC2)s1. The second kappa shape index (κ2) is 5.42. The van der Waals surface area contributed by atoms with Crippen molar-refractivity contribution in [1.29, 1.82) is 0 Å². The Labute approximate surface area is 105 Å². The zero-order chi connectivity index (χ0) is 12.3. The summed E-state index contributed by atoms with van der Waals surface area (Å²) in [6, 6.07) is 0. The highest BCUT2D eigenvalue weighted by atomic mass is 32.1. The molecule has 7 heteroatoms. The van der Waals surface area contributed by atoms with Crippen LogP contribution in [0.4, 0.5) is 5.13 Å². The topological polar surface area (TPSA) is 61.4 Å². The first kappa shape index (κ1) is 12.3. The van der Waals surface area contributed by atoms with E-state index in [1.807, 2.05) is 11.9 Å². The first-order valence-electron chi connectivity index (χ1n) is 5.67. The smallest absolute Gasteiger partial charge is 0.219 e. The number of aromatic nitrogens is 2. The van der Waals surface area contributed by atoms with Crippen molar-refractivity contribution in [2.24, 2.45) is 0 Å². The molecule has 1 aliphatic rings. The number of piperazine rings is 1. The predicted molar refractivity (Wildman–Crippen MR) is 67.0 cm³/mol. The zero-order valence-electron chi connectivity index (χ0n) is 10.1. The molecule has 1 aromatic rings. The fourth-order valence-corrected chi connectivity index (χ4v) is 2.57. The minimum atomic E-state index is 0.165. The van der Waals surface area contributed by atoms with Gasteiger partial charge in [-0.2, -0.15) is 0 Å². The third-order valence-corrected chi connectivity index (χ3v) is 3.78. The lowest BCUT2D eigenvalue weighted by Crippen LogP contribution is -2.47. The van der Waals surface area contributed by atoms with Crippen molar-refractivity contribution in [1.82, 2.24) is 20.0 Å². The van der Waals surface area contributed by atoms with Crippen LogP contribution in [-0.4, -0.2) is 59.1 Å². The molecule has 6 nitrogen and oxygen atoms in total. The van der Waals surface area contributed by atoms with Gasteiger partial charge in [-0.05, 0) is 0 Å². The zero-order valence-corrected chi connectivity index (χ0v) is 11.0. The Balaban J connectivity index is 1.83. The highest BCUT2D eigenvalue weighted by molar-refractivity contribution is 7.15. The standard InChI is InChI=1S/C10H17N5OS/c1-8(16)15-5-3-14(4-6-15)7-9-12-13-10(11-2)17-9/h3-7H2,1-2H3,(H,11,13). The van der Waals surface area contributed by atoms with Crippen LogP contribution >= 0.6 is 11.3 Å². The molecule has 1 fully saturated rings. The lowest BCUT2D eigenvalue weighted by molar-refractivity contribution is -0.130. The van der Waals surface area contributed by atoms with Gasteiger partial charge in [0.05, 0.1) is 6.54 Å². The first-order valence-corrected chi connectivity index (χ1v) is 6.48. The molecule has 2 heterocycles. The fraction of sp³-hybridized carbons (Fsp3) is 0.700. The molecule has 1 N–H and O–H groups in total. The monoisotopic (exact) mass is 255 g/mol. The lowest BCUT2D eigenvalue weighted by atomic mass is 10.3. The second-order valence-corrected chi connectivity index (χ2v) is 5.10. The van der Waals surface area contributed by atoms with Crippen LogP contribution in [0.2, 0.25) is 0 Å². The molecule has 0 bridgehead atoms. The number of nitrogens with zero attached hydrogens (tertiary/aromatic N) is 4. The molecule has 0 atom stereocenters. The van der Waals surface area contributed by atoms with Crippen molar-refractivity contribution in [3.63, 3.8) is 0 Å². The summed E-state index contributed by atoms with van der Waals surface area (Å²) >= 11 is 1.58. The number of nitrogens with one attached hydrogen (secondary N) is 1. The summed E-state index contributed by atoms with van der Waals surface area (Å²) in [5.74, 6) is 0.165. The molecule has 1 saturated heterocycles. The van der Waals surface area contributed by atoms with Gasteiger partial charge < -0.3 is 10.2 Å². The van der Waals surface area contributed by atoms with E-state index in [0.29, 0.717) is 0 Å². The van der Waals surface area contributed by atoms with Gasteiger partial charge in [0.15, 0.2) is 0 Å². The van der Waals surface area contributed by atoms with Gasteiger partial charge in [-0.1, -0.05) is 11.3 Å². The lowest BCUT2D eigenvalue weighted by Gasteiger charge is -2.33. The van der Waals surface area contributed by atoms with Crippen molar-refractivity contribution in [3.05, 3.63) is 5.01 Å². The highest BCUT2D eigenvalue weighted by Crippen LogP contribution is 2.16. The number of carbonyl (C=O) groups excluding carboxylic acids is 1.